The van der Waals surface area contributed by atoms with Gasteiger partial charge in [0.05, 0.1) is 19.8 Å². The van der Waals surface area contributed by atoms with Gasteiger partial charge in [0.2, 0.25) is 0 Å². The maximum atomic E-state index is 12.7. The fraction of sp³-hybridized carbons (Fsp3) is 0.611. The van der Waals surface area contributed by atoms with Crippen molar-refractivity contribution in [3.8, 4) is 11.5 Å². The number of rotatable bonds is 7. The third kappa shape index (κ3) is 4.03. The predicted molar refractivity (Wildman–Crippen MR) is 96.9 cm³/mol. The van der Waals surface area contributed by atoms with Crippen LogP contribution in [0.2, 0.25) is 0 Å². The molecule has 2 aliphatic rings. The monoisotopic (exact) mass is 395 g/mol. The Morgan fingerprint density at radius 3 is 2.75 bits per heavy atom. The van der Waals surface area contributed by atoms with Crippen LogP contribution < -0.4 is 14.8 Å². The van der Waals surface area contributed by atoms with Crippen LogP contribution in [0.4, 0.5) is 0 Å². The summed E-state index contributed by atoms with van der Waals surface area (Å²) in [5.41, 5.74) is 0.496. The molecule has 0 spiro atoms. The number of benzene rings is 1. The van der Waals surface area contributed by atoms with E-state index in [9.17, 15) is 4.79 Å². The van der Waals surface area contributed by atoms with Gasteiger partial charge in [0, 0.05) is 23.6 Å². The number of methoxy groups -OCH3 is 2. The van der Waals surface area contributed by atoms with E-state index < -0.39 is 0 Å². The molecular weight excluding hydrogens is 371 g/mol. The van der Waals surface area contributed by atoms with Gasteiger partial charge in [-0.1, -0.05) is 15.9 Å². The molecule has 1 aliphatic heterocycles. The molecule has 6 heteroatoms. The molecule has 24 heavy (non-hydrogen) atoms. The smallest absolute Gasteiger partial charge is 0.255 e. The van der Waals surface area contributed by atoms with E-state index in [1.807, 2.05) is 0 Å². The highest BCUT2D eigenvalue weighted by atomic mass is 79.9. The van der Waals surface area contributed by atoms with Crippen LogP contribution >= 0.6 is 15.9 Å². The van der Waals surface area contributed by atoms with Crippen molar-refractivity contribution in [2.45, 2.75) is 31.7 Å². The van der Waals surface area contributed by atoms with E-state index in [1.54, 1.807) is 26.4 Å². The summed E-state index contributed by atoms with van der Waals surface area (Å²) in [6.45, 7) is 3.03. The number of carbonyl (C=O) groups is 1. The molecule has 1 saturated carbocycles. The third-order valence-corrected chi connectivity index (χ3v) is 5.33. The largest absolute Gasteiger partial charge is 0.493 e. The first-order valence-electron chi connectivity index (χ1n) is 8.56. The third-order valence-electron chi connectivity index (χ3n) is 4.88. The molecule has 1 aliphatic carbocycles. The van der Waals surface area contributed by atoms with Gasteiger partial charge in [-0.3, -0.25) is 9.69 Å². The van der Waals surface area contributed by atoms with Crippen LogP contribution in [-0.2, 0) is 0 Å². The Kier molecular flexibility index (Phi) is 5.66. The summed E-state index contributed by atoms with van der Waals surface area (Å²) in [6.07, 6.45) is 5.11. The molecule has 1 heterocycles. The molecule has 0 radical (unpaired) electrons. The summed E-state index contributed by atoms with van der Waals surface area (Å²) < 4.78 is 11.5. The summed E-state index contributed by atoms with van der Waals surface area (Å²) in [7, 11) is 3.12. The lowest BCUT2D eigenvalue weighted by Gasteiger charge is -2.24. The van der Waals surface area contributed by atoms with Crippen molar-refractivity contribution in [3.63, 3.8) is 0 Å². The van der Waals surface area contributed by atoms with Crippen molar-refractivity contribution < 1.29 is 14.3 Å². The molecule has 3 rings (SSSR count). The number of carbonyl (C=O) groups excluding carboxylic acids is 1. The summed E-state index contributed by atoms with van der Waals surface area (Å²) in [4.78, 5) is 15.2. The first-order valence-corrected chi connectivity index (χ1v) is 9.35. The molecule has 1 aromatic carbocycles. The zero-order valence-electron chi connectivity index (χ0n) is 14.3. The van der Waals surface area contributed by atoms with Gasteiger partial charge in [0.15, 0.2) is 11.5 Å². The lowest BCUT2D eigenvalue weighted by Crippen LogP contribution is -2.41. The second kappa shape index (κ2) is 7.74. The van der Waals surface area contributed by atoms with Crippen LogP contribution in [0.15, 0.2) is 16.6 Å². The van der Waals surface area contributed by atoms with Gasteiger partial charge in [-0.05, 0) is 50.3 Å². The minimum Gasteiger partial charge on any atom is -0.493 e. The minimum atomic E-state index is -0.121. The van der Waals surface area contributed by atoms with E-state index in [2.05, 4.69) is 26.1 Å². The van der Waals surface area contributed by atoms with Gasteiger partial charge in [0.1, 0.15) is 0 Å². The molecule has 1 atom stereocenters. The summed E-state index contributed by atoms with van der Waals surface area (Å²) in [5.74, 6) is 1.79. The lowest BCUT2D eigenvalue weighted by atomic mass is 10.1. The quantitative estimate of drug-likeness (QED) is 0.770. The Morgan fingerprint density at radius 2 is 2.08 bits per heavy atom. The van der Waals surface area contributed by atoms with Gasteiger partial charge in [-0.25, -0.2) is 0 Å². The predicted octanol–water partition coefficient (Wildman–Crippen LogP) is 3.07. The van der Waals surface area contributed by atoms with Gasteiger partial charge in [-0.15, -0.1) is 0 Å². The van der Waals surface area contributed by atoms with Crippen LogP contribution in [0, 0.1) is 5.92 Å². The SMILES string of the molecule is COc1cc(Br)cc(C(=O)NC[C@@H]2CCCN2CC2CC2)c1O[11CH3]. The van der Waals surface area contributed by atoms with Crippen molar-refractivity contribution in [3.05, 3.63) is 22.2 Å². The van der Waals surface area contributed by atoms with Crippen LogP contribution in [0.3, 0.4) is 0 Å². The maximum absolute atomic E-state index is 12.7. The summed E-state index contributed by atoms with van der Waals surface area (Å²) in [6, 6.07) is 4.02. The Morgan fingerprint density at radius 1 is 1.29 bits per heavy atom. The Hall–Kier alpha value is -1.27. The molecule has 0 aromatic heterocycles. The lowest BCUT2D eigenvalue weighted by molar-refractivity contribution is 0.0936. The summed E-state index contributed by atoms with van der Waals surface area (Å²) in [5, 5.41) is 3.08. The molecule has 0 bridgehead atoms. The van der Waals surface area contributed by atoms with Crippen molar-refractivity contribution in [1.82, 2.24) is 10.2 Å². The van der Waals surface area contributed by atoms with Crippen molar-refractivity contribution in [2.24, 2.45) is 5.92 Å². The molecule has 2 fully saturated rings. The number of nitrogens with zero attached hydrogens (tertiary/aromatic N) is 1. The molecule has 1 saturated heterocycles. The second-order valence-electron chi connectivity index (χ2n) is 6.63. The molecule has 1 amide bonds. The number of amides is 1. The first kappa shape index (κ1) is 17.5. The minimum absolute atomic E-state index is 0.121. The zero-order chi connectivity index (χ0) is 17.1. The van der Waals surface area contributed by atoms with Crippen LogP contribution in [-0.4, -0.2) is 50.7 Å². The maximum Gasteiger partial charge on any atom is 0.255 e. The number of nitrogens with one attached hydrogen (secondary N) is 1. The molecule has 0 unspecified atom stereocenters. The zero-order valence-corrected chi connectivity index (χ0v) is 15.9. The van der Waals surface area contributed by atoms with Gasteiger partial charge in [0.25, 0.3) is 5.91 Å². The van der Waals surface area contributed by atoms with Crippen LogP contribution in [0.1, 0.15) is 36.0 Å². The molecule has 1 N–H and O–H groups in total. The van der Waals surface area contributed by atoms with E-state index in [0.717, 1.165) is 23.4 Å². The fourth-order valence-electron chi connectivity index (χ4n) is 3.40. The molecular formula is C18H25BrN2O3. The summed E-state index contributed by atoms with van der Waals surface area (Å²) >= 11 is 3.42. The highest BCUT2D eigenvalue weighted by molar-refractivity contribution is 9.10. The highest BCUT2D eigenvalue weighted by Crippen LogP contribution is 2.35. The van der Waals surface area contributed by atoms with E-state index in [0.29, 0.717) is 29.6 Å². The van der Waals surface area contributed by atoms with Crippen molar-refractivity contribution in [2.75, 3.05) is 33.9 Å². The van der Waals surface area contributed by atoms with E-state index in [4.69, 9.17) is 9.47 Å². The van der Waals surface area contributed by atoms with Gasteiger partial charge < -0.3 is 14.8 Å². The second-order valence-corrected chi connectivity index (χ2v) is 7.55. The normalized spacial score (nSPS) is 20.9. The number of ether oxygens (including phenoxy) is 2. The molecule has 132 valence electrons. The fourth-order valence-corrected chi connectivity index (χ4v) is 3.84. The Labute approximate surface area is 151 Å². The molecule has 1 aromatic rings. The van der Waals surface area contributed by atoms with Crippen LogP contribution in [0.25, 0.3) is 0 Å². The van der Waals surface area contributed by atoms with E-state index in [-0.39, 0.29) is 5.91 Å². The first-order chi connectivity index (χ1) is 11.6. The number of hydrogen-bond acceptors (Lipinski definition) is 4. The number of hydrogen-bond donors (Lipinski definition) is 1. The van der Waals surface area contributed by atoms with E-state index in [1.165, 1.54) is 25.8 Å². The van der Waals surface area contributed by atoms with Crippen LogP contribution in [0.5, 0.6) is 11.5 Å². The Balaban J connectivity index is 1.65. The average molecular weight is 396 g/mol. The van der Waals surface area contributed by atoms with E-state index >= 15 is 0 Å². The average Bonchev–Trinajstić information content (AvgIpc) is 3.29. The number of likely N-dealkylation sites (tertiary alicyclic amines) is 1. The standard InChI is InChI=1S/C18H25BrN2O3/c1-23-16-9-13(19)8-15(17(16)24-2)18(22)20-10-14-4-3-7-21(14)11-12-5-6-12/h8-9,12,14H,3-7,10-11H2,1-2H3,(H,20,22)/t14-/m0/s1/i2-1. The highest BCUT2D eigenvalue weighted by Gasteiger charge is 2.31. The van der Waals surface area contributed by atoms with Gasteiger partial charge >= 0.3 is 0 Å². The Bertz CT molecular complexity index is 604. The number of halogens is 1. The molecule has 5 nitrogen and oxygen atoms in total. The topological polar surface area (TPSA) is 50.8 Å². The van der Waals surface area contributed by atoms with Gasteiger partial charge in [-0.2, -0.15) is 0 Å². The van der Waals surface area contributed by atoms with Crippen molar-refractivity contribution in [1.29, 1.82) is 0 Å². The van der Waals surface area contributed by atoms with Crippen molar-refractivity contribution >= 4 is 21.8 Å².